The predicted molar refractivity (Wildman–Crippen MR) is 93.5 cm³/mol. The molecular weight excluding hydrogens is 304 g/mol. The summed E-state index contributed by atoms with van der Waals surface area (Å²) in [7, 11) is 1.54. The summed E-state index contributed by atoms with van der Waals surface area (Å²) in [5.41, 5.74) is 0.383. The highest BCUT2D eigenvalue weighted by atomic mass is 17.2. The molecule has 1 aromatic carbocycles. The van der Waals surface area contributed by atoms with Crippen molar-refractivity contribution in [1.82, 2.24) is 0 Å². The molecule has 0 bridgehead atoms. The van der Waals surface area contributed by atoms with E-state index in [4.69, 9.17) is 14.5 Å². The van der Waals surface area contributed by atoms with Crippen LogP contribution in [-0.2, 0) is 9.78 Å². The zero-order valence-corrected chi connectivity index (χ0v) is 14.7. The fourth-order valence-electron chi connectivity index (χ4n) is 3.05. The van der Waals surface area contributed by atoms with Crippen molar-refractivity contribution in [3.63, 3.8) is 0 Å². The van der Waals surface area contributed by atoms with Crippen molar-refractivity contribution < 1.29 is 19.3 Å². The molecule has 1 radical (unpaired) electrons. The van der Waals surface area contributed by atoms with Gasteiger partial charge >= 0.3 is 5.97 Å². The van der Waals surface area contributed by atoms with Gasteiger partial charge in [0.15, 0.2) is 0 Å². The van der Waals surface area contributed by atoms with E-state index in [1.165, 1.54) is 52.1 Å². The van der Waals surface area contributed by atoms with Crippen LogP contribution in [0.5, 0.6) is 5.75 Å². The van der Waals surface area contributed by atoms with Crippen LogP contribution >= 0.6 is 0 Å². The standard InChI is InChI=1S/C20H29O4/c1-22-19-16-12-11-15-18(19)20(21)24-23-17-13-9-7-5-3-2-4-6-8-10-14-17/h11-12,15-16H,2-10,13-14H2,1H3. The molecule has 4 nitrogen and oxygen atoms in total. The van der Waals surface area contributed by atoms with Crippen LogP contribution < -0.4 is 4.74 Å². The van der Waals surface area contributed by atoms with Crippen molar-refractivity contribution in [1.29, 1.82) is 0 Å². The van der Waals surface area contributed by atoms with E-state index in [-0.39, 0.29) is 0 Å². The summed E-state index contributed by atoms with van der Waals surface area (Å²) < 4.78 is 5.19. The molecule has 0 N–H and O–H groups in total. The fourth-order valence-corrected chi connectivity index (χ4v) is 3.05. The van der Waals surface area contributed by atoms with Gasteiger partial charge in [0.05, 0.1) is 7.11 Å². The van der Waals surface area contributed by atoms with Crippen LogP contribution in [0.2, 0.25) is 0 Å². The molecule has 4 heteroatoms. The molecule has 1 aliphatic carbocycles. The quantitative estimate of drug-likeness (QED) is 0.530. The molecule has 24 heavy (non-hydrogen) atoms. The van der Waals surface area contributed by atoms with Gasteiger partial charge in [0.2, 0.25) is 0 Å². The van der Waals surface area contributed by atoms with Crippen LogP contribution in [0.15, 0.2) is 24.3 Å². The lowest BCUT2D eigenvalue weighted by Gasteiger charge is -2.16. The van der Waals surface area contributed by atoms with Crippen molar-refractivity contribution in [2.45, 2.75) is 70.6 Å². The van der Waals surface area contributed by atoms with Crippen molar-refractivity contribution in [2.75, 3.05) is 7.11 Å². The van der Waals surface area contributed by atoms with E-state index < -0.39 is 5.97 Å². The minimum absolute atomic E-state index is 0.383. The van der Waals surface area contributed by atoms with Crippen molar-refractivity contribution >= 4 is 5.97 Å². The van der Waals surface area contributed by atoms with Crippen LogP contribution in [0.3, 0.4) is 0 Å². The third kappa shape index (κ3) is 6.52. The Morgan fingerprint density at radius 2 is 1.38 bits per heavy atom. The summed E-state index contributed by atoms with van der Waals surface area (Å²) in [5, 5.41) is 0. The number of ether oxygens (including phenoxy) is 1. The maximum absolute atomic E-state index is 12.2. The molecule has 0 aliphatic heterocycles. The van der Waals surface area contributed by atoms with E-state index in [2.05, 4.69) is 0 Å². The molecule has 1 saturated carbocycles. The molecule has 0 saturated heterocycles. The molecule has 133 valence electrons. The second-order valence-corrected chi connectivity index (χ2v) is 6.38. The summed E-state index contributed by atoms with van der Waals surface area (Å²) >= 11 is 0. The van der Waals surface area contributed by atoms with E-state index in [0.29, 0.717) is 11.3 Å². The minimum Gasteiger partial charge on any atom is -0.496 e. The third-order valence-electron chi connectivity index (χ3n) is 4.47. The molecule has 0 atom stereocenters. The SMILES string of the molecule is COc1ccccc1C(=O)OO[C]1CCCCCCCCCCC1. The van der Waals surface area contributed by atoms with Gasteiger partial charge in [0.25, 0.3) is 0 Å². The maximum Gasteiger partial charge on any atom is 0.376 e. The lowest BCUT2D eigenvalue weighted by atomic mass is 9.99. The Bertz CT molecular complexity index is 474. The Hall–Kier alpha value is -1.55. The van der Waals surface area contributed by atoms with Crippen LogP contribution in [0.4, 0.5) is 0 Å². The zero-order chi connectivity index (χ0) is 17.0. The molecule has 0 unspecified atom stereocenters. The van der Waals surface area contributed by atoms with E-state index in [1.807, 2.05) is 6.07 Å². The first-order valence-electron chi connectivity index (χ1n) is 9.18. The normalized spacial score (nSPS) is 18.2. The highest BCUT2D eigenvalue weighted by molar-refractivity contribution is 5.92. The number of carbonyl (C=O) groups is 1. The molecular formula is C20H29O4. The highest BCUT2D eigenvalue weighted by Gasteiger charge is 2.18. The summed E-state index contributed by atoms with van der Waals surface area (Å²) in [5.74, 6) is -0.0131. The number of para-hydroxylation sites is 1. The van der Waals surface area contributed by atoms with Gasteiger partial charge < -0.3 is 4.74 Å². The van der Waals surface area contributed by atoms with Crippen LogP contribution in [0, 0.1) is 6.10 Å². The summed E-state index contributed by atoms with van der Waals surface area (Å²) in [6, 6.07) is 7.01. The number of benzene rings is 1. The largest absolute Gasteiger partial charge is 0.496 e. The second-order valence-electron chi connectivity index (χ2n) is 6.38. The summed E-state index contributed by atoms with van der Waals surface area (Å²) in [6.45, 7) is 0. The van der Waals surface area contributed by atoms with E-state index >= 15 is 0 Å². The van der Waals surface area contributed by atoms with Crippen LogP contribution in [0.25, 0.3) is 0 Å². The first-order chi connectivity index (χ1) is 11.8. The lowest BCUT2D eigenvalue weighted by Crippen LogP contribution is -2.12. The van der Waals surface area contributed by atoms with Crippen LogP contribution in [-0.4, -0.2) is 13.1 Å². The van der Waals surface area contributed by atoms with Gasteiger partial charge in [-0.25, -0.2) is 4.79 Å². The van der Waals surface area contributed by atoms with Crippen molar-refractivity contribution in [3.8, 4) is 5.75 Å². The predicted octanol–water partition coefficient (Wildman–Crippen LogP) is 5.62. The summed E-state index contributed by atoms with van der Waals surface area (Å²) in [6.07, 6.45) is 13.9. The van der Waals surface area contributed by atoms with Crippen molar-refractivity contribution in [3.05, 3.63) is 35.9 Å². The van der Waals surface area contributed by atoms with Crippen molar-refractivity contribution in [2.24, 2.45) is 0 Å². The summed E-state index contributed by atoms with van der Waals surface area (Å²) in [4.78, 5) is 22.7. The maximum atomic E-state index is 12.2. The van der Waals surface area contributed by atoms with Gasteiger partial charge in [-0.3, -0.25) is 4.89 Å². The van der Waals surface area contributed by atoms with Gasteiger partial charge in [-0.1, -0.05) is 69.9 Å². The molecule has 2 rings (SSSR count). The number of rotatable bonds is 4. The van der Waals surface area contributed by atoms with E-state index in [1.54, 1.807) is 18.2 Å². The molecule has 0 aromatic heterocycles. The molecule has 1 aromatic rings. The van der Waals surface area contributed by atoms with Gasteiger partial charge in [0, 0.05) is 0 Å². The lowest BCUT2D eigenvalue weighted by molar-refractivity contribution is -0.237. The zero-order valence-electron chi connectivity index (χ0n) is 14.7. The Labute approximate surface area is 145 Å². The molecule has 1 aliphatic rings. The first-order valence-corrected chi connectivity index (χ1v) is 9.18. The Morgan fingerprint density at radius 1 is 0.833 bits per heavy atom. The number of methoxy groups -OCH3 is 1. The second kappa shape index (κ2) is 11.1. The Balaban J connectivity index is 1.83. The number of carbonyl (C=O) groups excluding carboxylic acids is 1. The van der Waals surface area contributed by atoms with E-state index in [0.717, 1.165) is 31.8 Å². The van der Waals surface area contributed by atoms with E-state index in [9.17, 15) is 4.79 Å². The number of hydrogen-bond donors (Lipinski definition) is 0. The Morgan fingerprint density at radius 3 is 1.96 bits per heavy atom. The molecule has 1 fully saturated rings. The number of hydrogen-bond acceptors (Lipinski definition) is 4. The van der Waals surface area contributed by atoms with Gasteiger partial charge in [-0.05, 0) is 25.0 Å². The monoisotopic (exact) mass is 333 g/mol. The van der Waals surface area contributed by atoms with Gasteiger partial charge in [0.1, 0.15) is 17.4 Å². The topological polar surface area (TPSA) is 44.8 Å². The molecule has 0 amide bonds. The molecule has 0 heterocycles. The highest BCUT2D eigenvalue weighted by Crippen LogP contribution is 2.25. The van der Waals surface area contributed by atoms with Gasteiger partial charge in [-0.15, -0.1) is 0 Å². The average Bonchev–Trinajstić information content (AvgIpc) is 2.61. The Kier molecular flexibility index (Phi) is 8.67. The van der Waals surface area contributed by atoms with Crippen LogP contribution in [0.1, 0.15) is 81.0 Å². The van der Waals surface area contributed by atoms with Gasteiger partial charge in [-0.2, -0.15) is 4.89 Å². The first kappa shape index (κ1) is 18.8. The smallest absolute Gasteiger partial charge is 0.376 e. The minimum atomic E-state index is -0.508. The average molecular weight is 333 g/mol. The molecule has 0 spiro atoms. The third-order valence-corrected chi connectivity index (χ3v) is 4.47. The fraction of sp³-hybridized carbons (Fsp3) is 0.600.